The molecule has 0 spiro atoms. The molecule has 0 aromatic rings. The van der Waals surface area contributed by atoms with Gasteiger partial charge in [-0.1, -0.05) is 0 Å². The first-order valence-corrected chi connectivity index (χ1v) is 4.89. The second-order valence-corrected chi connectivity index (χ2v) is 4.03. The average molecular weight is 218 g/mol. The van der Waals surface area contributed by atoms with E-state index in [1.165, 1.54) is 7.11 Å². The molecule has 2 rings (SSSR count). The molecule has 5 atom stereocenters. The Morgan fingerprint density at radius 2 is 2.13 bits per heavy atom. The van der Waals surface area contributed by atoms with Crippen molar-refractivity contribution in [3.05, 3.63) is 0 Å². The van der Waals surface area contributed by atoms with Crippen LogP contribution in [0.1, 0.15) is 12.8 Å². The molecule has 0 amide bonds. The topological polar surface area (TPSA) is 85.2 Å². The molecule has 0 aromatic carbocycles. The molecule has 1 aliphatic carbocycles. The van der Waals surface area contributed by atoms with Crippen LogP contribution in [0.15, 0.2) is 0 Å². The lowest BCUT2D eigenvalue weighted by atomic mass is 9.96. The van der Waals surface area contributed by atoms with Gasteiger partial charge in [-0.2, -0.15) is 0 Å². The summed E-state index contributed by atoms with van der Waals surface area (Å²) in [6.45, 7) is 0. The van der Waals surface area contributed by atoms with Gasteiger partial charge < -0.3 is 14.9 Å². The fourth-order valence-electron chi connectivity index (χ4n) is 2.43. The Morgan fingerprint density at radius 3 is 2.73 bits per heavy atom. The summed E-state index contributed by atoms with van der Waals surface area (Å²) in [7, 11) is 1.47. The van der Waals surface area contributed by atoms with E-state index in [1.807, 2.05) is 0 Å². The number of methoxy groups -OCH3 is 1. The molecule has 1 aliphatic heterocycles. The predicted octanol–water partition coefficient (Wildman–Crippen LogP) is -0.0339. The highest BCUT2D eigenvalue weighted by Gasteiger charge is 2.49. The predicted molar refractivity (Wildman–Crippen MR) is 46.3 cm³/mol. The number of carbonyl (C=O) groups is 1. The number of aliphatic carboxylic acids is 1. The van der Waals surface area contributed by atoms with Gasteiger partial charge in [0.05, 0.1) is 5.92 Å². The average Bonchev–Trinajstić information content (AvgIpc) is 2.56. The molecular formula is C9H14O6. The number of aliphatic hydroxyl groups is 1. The minimum absolute atomic E-state index is 0.0294. The van der Waals surface area contributed by atoms with Crippen LogP contribution in [0, 0.1) is 17.8 Å². The Morgan fingerprint density at radius 1 is 1.40 bits per heavy atom. The van der Waals surface area contributed by atoms with E-state index < -0.39 is 30.4 Å². The first-order chi connectivity index (χ1) is 7.13. The van der Waals surface area contributed by atoms with Gasteiger partial charge in [0, 0.05) is 18.9 Å². The van der Waals surface area contributed by atoms with Crippen LogP contribution >= 0.6 is 0 Å². The van der Waals surface area contributed by atoms with E-state index in [0.717, 1.165) is 0 Å². The molecule has 0 radical (unpaired) electrons. The van der Waals surface area contributed by atoms with Gasteiger partial charge >= 0.3 is 5.97 Å². The highest BCUT2D eigenvalue weighted by molar-refractivity contribution is 5.70. The lowest BCUT2D eigenvalue weighted by molar-refractivity contribution is -0.435. The molecule has 6 nitrogen and oxygen atoms in total. The van der Waals surface area contributed by atoms with Crippen LogP contribution in [-0.2, 0) is 19.3 Å². The lowest BCUT2D eigenvalue weighted by Crippen LogP contribution is -2.33. The third kappa shape index (κ3) is 1.85. The summed E-state index contributed by atoms with van der Waals surface area (Å²) in [5.74, 6) is -1.92. The number of aliphatic hydroxyl groups excluding tert-OH is 1. The maximum Gasteiger partial charge on any atom is 0.306 e. The van der Waals surface area contributed by atoms with Gasteiger partial charge in [0.25, 0.3) is 0 Å². The Hall–Kier alpha value is -0.690. The van der Waals surface area contributed by atoms with Crippen molar-refractivity contribution in [2.75, 3.05) is 7.11 Å². The molecule has 5 unspecified atom stereocenters. The van der Waals surface area contributed by atoms with Crippen LogP contribution < -0.4 is 0 Å². The van der Waals surface area contributed by atoms with Gasteiger partial charge in [-0.25, -0.2) is 9.78 Å². The van der Waals surface area contributed by atoms with Gasteiger partial charge in [-0.05, 0) is 12.8 Å². The van der Waals surface area contributed by atoms with E-state index in [0.29, 0.717) is 12.8 Å². The highest BCUT2D eigenvalue weighted by atomic mass is 17.2. The first-order valence-electron chi connectivity index (χ1n) is 4.89. The summed E-state index contributed by atoms with van der Waals surface area (Å²) in [6.07, 6.45) is -0.763. The smallest absolute Gasteiger partial charge is 0.306 e. The van der Waals surface area contributed by atoms with Crippen molar-refractivity contribution in [1.29, 1.82) is 0 Å². The van der Waals surface area contributed by atoms with Gasteiger partial charge in [0.2, 0.25) is 0 Å². The zero-order valence-electron chi connectivity index (χ0n) is 8.33. The number of ether oxygens (including phenoxy) is 1. The zero-order chi connectivity index (χ0) is 11.0. The summed E-state index contributed by atoms with van der Waals surface area (Å²) in [5, 5.41) is 18.5. The summed E-state index contributed by atoms with van der Waals surface area (Å²) >= 11 is 0. The van der Waals surface area contributed by atoms with Gasteiger partial charge in [-0.3, -0.25) is 4.79 Å². The van der Waals surface area contributed by atoms with Gasteiger partial charge in [0.15, 0.2) is 12.6 Å². The minimum atomic E-state index is -1.18. The normalized spacial score (nSPS) is 45.1. The van der Waals surface area contributed by atoms with Crippen molar-refractivity contribution in [2.24, 2.45) is 17.8 Å². The highest BCUT2D eigenvalue weighted by Crippen LogP contribution is 2.43. The summed E-state index contributed by atoms with van der Waals surface area (Å²) in [4.78, 5) is 20.5. The number of carboxylic acid groups (broad SMARTS) is 1. The third-order valence-corrected chi connectivity index (χ3v) is 3.20. The van der Waals surface area contributed by atoms with Crippen LogP contribution in [0.4, 0.5) is 0 Å². The maximum absolute atomic E-state index is 10.9. The van der Waals surface area contributed by atoms with Gasteiger partial charge in [0.1, 0.15) is 0 Å². The van der Waals surface area contributed by atoms with Crippen molar-refractivity contribution in [3.63, 3.8) is 0 Å². The number of fused-ring (bicyclic) bond motifs is 2. The second-order valence-electron chi connectivity index (χ2n) is 4.03. The molecule has 2 N–H and O–H groups in total. The molecule has 1 heterocycles. The first kappa shape index (κ1) is 10.8. The van der Waals surface area contributed by atoms with E-state index in [9.17, 15) is 9.90 Å². The molecule has 86 valence electrons. The van der Waals surface area contributed by atoms with Crippen molar-refractivity contribution >= 4 is 5.97 Å². The number of carboxylic acids is 1. The molecule has 2 bridgehead atoms. The van der Waals surface area contributed by atoms with E-state index >= 15 is 0 Å². The van der Waals surface area contributed by atoms with Crippen LogP contribution in [-0.4, -0.2) is 35.9 Å². The number of hydrogen-bond donors (Lipinski definition) is 2. The summed E-state index contributed by atoms with van der Waals surface area (Å²) < 4.78 is 5.03. The minimum Gasteiger partial charge on any atom is -0.481 e. The zero-order valence-corrected chi connectivity index (χ0v) is 8.33. The molecule has 0 aromatic heterocycles. The van der Waals surface area contributed by atoms with Crippen molar-refractivity contribution in [3.8, 4) is 0 Å². The Labute approximate surface area is 86.7 Å². The molecule has 1 saturated carbocycles. The SMILES string of the molecule is COC1OOC(O)C2CC1CC2C(=O)O. The fraction of sp³-hybridized carbons (Fsp3) is 0.889. The Balaban J connectivity index is 2.16. The third-order valence-electron chi connectivity index (χ3n) is 3.20. The van der Waals surface area contributed by atoms with Crippen LogP contribution in [0.2, 0.25) is 0 Å². The number of hydrogen-bond acceptors (Lipinski definition) is 5. The molecule has 2 fully saturated rings. The molecule has 6 heteroatoms. The fourth-order valence-corrected chi connectivity index (χ4v) is 2.43. The quantitative estimate of drug-likeness (QED) is 0.633. The van der Waals surface area contributed by atoms with Crippen molar-refractivity contribution < 1.29 is 29.5 Å². The van der Waals surface area contributed by atoms with Crippen molar-refractivity contribution in [1.82, 2.24) is 0 Å². The van der Waals surface area contributed by atoms with Crippen LogP contribution in [0.25, 0.3) is 0 Å². The van der Waals surface area contributed by atoms with Gasteiger partial charge in [-0.15, -0.1) is 0 Å². The standard InChI is InChI=1S/C9H14O6/c1-13-9-4-2-5(7(10)11)6(3-4)8(12)14-15-9/h4-6,8-9,12H,2-3H2,1H3,(H,10,11). The van der Waals surface area contributed by atoms with E-state index in [1.54, 1.807) is 0 Å². The maximum atomic E-state index is 10.9. The molecule has 2 aliphatic rings. The van der Waals surface area contributed by atoms with E-state index in [-0.39, 0.29) is 5.92 Å². The molecule has 15 heavy (non-hydrogen) atoms. The second kappa shape index (κ2) is 4.05. The molecule has 1 saturated heterocycles. The van der Waals surface area contributed by atoms with Crippen molar-refractivity contribution in [2.45, 2.75) is 25.4 Å². The lowest BCUT2D eigenvalue weighted by Gasteiger charge is -2.23. The van der Waals surface area contributed by atoms with Crippen LogP contribution in [0.5, 0.6) is 0 Å². The van der Waals surface area contributed by atoms with E-state index in [2.05, 4.69) is 4.89 Å². The van der Waals surface area contributed by atoms with Crippen LogP contribution in [0.3, 0.4) is 0 Å². The number of rotatable bonds is 2. The summed E-state index contributed by atoms with van der Waals surface area (Å²) in [5.41, 5.74) is 0. The Bertz CT molecular complexity index is 255. The van der Waals surface area contributed by atoms with E-state index in [4.69, 9.17) is 14.7 Å². The largest absolute Gasteiger partial charge is 0.481 e. The summed E-state index contributed by atoms with van der Waals surface area (Å²) in [6, 6.07) is 0. The molecular weight excluding hydrogens is 204 g/mol. The monoisotopic (exact) mass is 218 g/mol. The Kier molecular flexibility index (Phi) is 2.92.